The van der Waals surface area contributed by atoms with Crippen LogP contribution in [-0.4, -0.2) is 74.1 Å². The van der Waals surface area contributed by atoms with Gasteiger partial charge in [0.2, 0.25) is 0 Å². The van der Waals surface area contributed by atoms with Crippen molar-refractivity contribution in [1.82, 2.24) is 19.9 Å². The molecule has 17 heteroatoms. The van der Waals surface area contributed by atoms with E-state index in [1.807, 2.05) is 0 Å². The van der Waals surface area contributed by atoms with Gasteiger partial charge in [-0.15, -0.1) is 44.9 Å². The molecule has 4 heterocycles. The van der Waals surface area contributed by atoms with Crippen molar-refractivity contribution in [3.8, 4) is 0 Å². The molecular weight excluding hydrogens is 536 g/mol. The summed E-state index contributed by atoms with van der Waals surface area (Å²) >= 11 is 2.41. The summed E-state index contributed by atoms with van der Waals surface area (Å²) in [7, 11) is 1.26. The number of nitrogen functional groups attached to an aromatic ring is 2. The van der Waals surface area contributed by atoms with Gasteiger partial charge in [0.15, 0.2) is 29.4 Å². The van der Waals surface area contributed by atoms with Gasteiger partial charge >= 0.3 is 0 Å². The number of carbonyl (C=O) groups excluding carboxylic acids is 3. The molecule has 2 aromatic heterocycles. The number of amides is 2. The SMILES string of the molecule is CO/N=C(/C(=O)N[C@@H]1C(=O)N2C(C(=O)[O-])=C(C[n+]3ccc(N)n3CCO)CS[C@H]12)c1csc(N)n1.Cl. The lowest BCUT2D eigenvalue weighted by Gasteiger charge is -2.50. The fraction of sp³-hybridized carbons (Fsp3) is 0.368. The van der Waals surface area contributed by atoms with Crippen LogP contribution in [0.3, 0.4) is 0 Å². The summed E-state index contributed by atoms with van der Waals surface area (Å²) in [6.45, 7) is 0.183. The number of aliphatic hydroxyl groups excluding tert-OH is 1. The minimum Gasteiger partial charge on any atom is -0.543 e. The third kappa shape index (κ3) is 4.97. The van der Waals surface area contributed by atoms with Crippen LogP contribution in [0.1, 0.15) is 5.69 Å². The molecule has 0 bridgehead atoms. The van der Waals surface area contributed by atoms with Crippen LogP contribution in [0, 0.1) is 0 Å². The summed E-state index contributed by atoms with van der Waals surface area (Å²) in [5, 5.41) is 28.7. The average Bonchev–Trinajstić information content (AvgIpc) is 3.41. The smallest absolute Gasteiger partial charge is 0.276 e. The van der Waals surface area contributed by atoms with E-state index in [9.17, 15) is 24.6 Å². The summed E-state index contributed by atoms with van der Waals surface area (Å²) in [6, 6.07) is 0.645. The molecule has 1 fully saturated rings. The van der Waals surface area contributed by atoms with Crippen molar-refractivity contribution in [2.75, 3.05) is 30.9 Å². The molecule has 6 N–H and O–H groups in total. The van der Waals surface area contributed by atoms with Gasteiger partial charge in [-0.05, 0) is 0 Å². The molecule has 1 saturated heterocycles. The number of hydrogen-bond donors (Lipinski definition) is 4. The Morgan fingerprint density at radius 1 is 1.44 bits per heavy atom. The summed E-state index contributed by atoms with van der Waals surface area (Å²) in [6.07, 6.45) is 1.66. The van der Waals surface area contributed by atoms with E-state index < -0.39 is 29.2 Å². The van der Waals surface area contributed by atoms with Crippen molar-refractivity contribution in [3.63, 3.8) is 0 Å². The van der Waals surface area contributed by atoms with Crippen LogP contribution >= 0.6 is 35.5 Å². The number of β-lactam (4-membered cyclic amide) rings is 1. The van der Waals surface area contributed by atoms with Crippen molar-refractivity contribution in [2.45, 2.75) is 24.5 Å². The van der Waals surface area contributed by atoms with Crippen molar-refractivity contribution in [3.05, 3.63) is 34.6 Å². The lowest BCUT2D eigenvalue weighted by atomic mass is 10.0. The number of aliphatic hydroxyl groups is 1. The zero-order chi connectivity index (χ0) is 25.3. The van der Waals surface area contributed by atoms with Crippen molar-refractivity contribution in [1.29, 1.82) is 0 Å². The Kier molecular flexibility index (Phi) is 8.44. The number of oxime groups is 1. The minimum absolute atomic E-state index is 0. The molecule has 0 radical (unpaired) electrons. The Labute approximate surface area is 219 Å². The lowest BCUT2D eigenvalue weighted by molar-refractivity contribution is -0.767. The van der Waals surface area contributed by atoms with Gasteiger partial charge in [-0.3, -0.25) is 14.5 Å². The monoisotopic (exact) mass is 558 g/mol. The van der Waals surface area contributed by atoms with Crippen LogP contribution in [0.25, 0.3) is 0 Å². The van der Waals surface area contributed by atoms with Gasteiger partial charge in [0.05, 0.1) is 24.3 Å². The molecule has 0 saturated carbocycles. The highest BCUT2D eigenvalue weighted by molar-refractivity contribution is 8.00. The van der Waals surface area contributed by atoms with Gasteiger partial charge in [0.25, 0.3) is 11.8 Å². The molecule has 14 nitrogen and oxygen atoms in total. The van der Waals surface area contributed by atoms with Crippen molar-refractivity contribution >= 4 is 70.0 Å². The molecule has 4 rings (SSSR count). The molecular formula is C19H23ClN8O6S2. The number of hydrogen-bond acceptors (Lipinski definition) is 12. The van der Waals surface area contributed by atoms with Gasteiger partial charge in [0.1, 0.15) is 30.8 Å². The second-order valence-corrected chi connectivity index (χ2v) is 9.47. The quantitative estimate of drug-likeness (QED) is 0.108. The second kappa shape index (κ2) is 11.2. The van der Waals surface area contributed by atoms with Crippen LogP contribution in [0.2, 0.25) is 0 Å². The van der Waals surface area contributed by atoms with Crippen molar-refractivity contribution in [2.24, 2.45) is 5.16 Å². The minimum atomic E-state index is -1.50. The molecule has 0 aromatic carbocycles. The van der Waals surface area contributed by atoms with Gasteiger partial charge in [-0.25, -0.2) is 4.98 Å². The van der Waals surface area contributed by atoms with Gasteiger partial charge in [0, 0.05) is 16.7 Å². The number of fused-ring (bicyclic) bond motifs is 1. The summed E-state index contributed by atoms with van der Waals surface area (Å²) in [5.74, 6) is -2.15. The average molecular weight is 559 g/mol. The van der Waals surface area contributed by atoms with E-state index in [0.29, 0.717) is 11.4 Å². The van der Waals surface area contributed by atoms with Crippen LogP contribution in [0.5, 0.6) is 0 Å². The molecule has 2 aromatic rings. The van der Waals surface area contributed by atoms with Gasteiger partial charge in [-0.1, -0.05) is 5.16 Å². The highest BCUT2D eigenvalue weighted by Crippen LogP contribution is 2.40. The van der Waals surface area contributed by atoms with Crippen LogP contribution < -0.4 is 26.6 Å². The molecule has 36 heavy (non-hydrogen) atoms. The number of nitrogens with zero attached hydrogens (tertiary/aromatic N) is 5. The highest BCUT2D eigenvalue weighted by atomic mass is 35.5. The van der Waals surface area contributed by atoms with Crippen LogP contribution in [0.15, 0.2) is 34.1 Å². The summed E-state index contributed by atoms with van der Waals surface area (Å²) in [5.41, 5.74) is 11.8. The number of aromatic nitrogens is 3. The number of halogens is 1. The molecule has 0 aliphatic carbocycles. The Morgan fingerprint density at radius 2 is 2.19 bits per heavy atom. The van der Waals surface area contributed by atoms with E-state index in [-0.39, 0.29) is 60.1 Å². The lowest BCUT2D eigenvalue weighted by Crippen LogP contribution is -2.71. The first-order valence-corrected chi connectivity index (χ1v) is 12.2. The molecule has 2 atom stereocenters. The van der Waals surface area contributed by atoms with E-state index >= 15 is 0 Å². The van der Waals surface area contributed by atoms with Gasteiger partial charge < -0.3 is 36.6 Å². The number of rotatable bonds is 9. The number of thiazole rings is 1. The second-order valence-electron chi connectivity index (χ2n) is 7.48. The molecule has 0 unspecified atom stereocenters. The maximum Gasteiger partial charge on any atom is 0.276 e. The first kappa shape index (κ1) is 27.3. The highest BCUT2D eigenvalue weighted by Gasteiger charge is 2.53. The van der Waals surface area contributed by atoms with E-state index in [1.54, 1.807) is 21.6 Å². The fourth-order valence-corrected chi connectivity index (χ4v) is 5.74. The molecule has 0 spiro atoms. The number of nitrogens with one attached hydrogen (secondary N) is 1. The third-order valence-electron chi connectivity index (χ3n) is 5.38. The summed E-state index contributed by atoms with van der Waals surface area (Å²) < 4.78 is 3.25. The van der Waals surface area contributed by atoms with E-state index in [1.165, 1.54) is 24.3 Å². The first-order chi connectivity index (χ1) is 16.8. The summed E-state index contributed by atoms with van der Waals surface area (Å²) in [4.78, 5) is 47.6. The maximum atomic E-state index is 12.9. The predicted octanol–water partition coefficient (Wildman–Crippen LogP) is -2.73. The zero-order valence-electron chi connectivity index (χ0n) is 18.8. The normalized spacial score (nSPS) is 19.3. The molecule has 2 aliphatic heterocycles. The standard InChI is InChI=1S/C19H22N8O6S2.ClH/c1-33-24-12(10-8-35-19(21)22-10)15(29)23-13-16(30)27-14(18(31)32)9(7-34-17(13)27)6-25-3-2-11(20)26(25)4-5-28;/h2-3,8,13,17,20,28H,4-7H2,1H3,(H4,21,22,23,29,31,32);1H/b24-12+;/t13-,17-;/m1./s1. The largest absolute Gasteiger partial charge is 0.543 e. The van der Waals surface area contributed by atoms with Gasteiger partial charge in [-0.2, -0.15) is 0 Å². The van der Waals surface area contributed by atoms with E-state index in [4.69, 9.17) is 16.3 Å². The zero-order valence-corrected chi connectivity index (χ0v) is 21.3. The molecule has 194 valence electrons. The van der Waals surface area contributed by atoms with E-state index in [2.05, 4.69) is 15.5 Å². The number of carbonyl (C=O) groups is 3. The predicted molar refractivity (Wildman–Crippen MR) is 131 cm³/mol. The van der Waals surface area contributed by atoms with E-state index in [0.717, 1.165) is 16.2 Å². The molecule has 2 aliphatic rings. The van der Waals surface area contributed by atoms with Crippen molar-refractivity contribution < 1.29 is 34.1 Å². The first-order valence-electron chi connectivity index (χ1n) is 10.2. The number of carboxylic acids is 1. The Bertz CT molecular complexity index is 1240. The number of anilines is 2. The number of aliphatic carboxylic acids is 1. The third-order valence-corrected chi connectivity index (χ3v) is 7.39. The maximum absolute atomic E-state index is 12.9. The number of nitrogens with two attached hydrogens (primary N) is 2. The topological polar surface area (TPSA) is 205 Å². The Hall–Kier alpha value is -3.34. The fourth-order valence-electron chi connectivity index (χ4n) is 3.86. The van der Waals surface area contributed by atoms with Crippen LogP contribution in [-0.2, 0) is 32.3 Å². The Morgan fingerprint density at radius 3 is 2.81 bits per heavy atom. The molecule has 2 amide bonds. The Balaban J connectivity index is 0.00000361. The van der Waals surface area contributed by atoms with Crippen LogP contribution in [0.4, 0.5) is 10.9 Å². The number of carboxylic acid groups (broad SMARTS) is 1. The number of thioether (sulfide) groups is 1.